The Morgan fingerprint density at radius 2 is 2.44 bits per heavy atom. The van der Waals surface area contributed by atoms with E-state index in [4.69, 9.17) is 0 Å². The largest absolute Gasteiger partial charge is 0.355 e. The van der Waals surface area contributed by atoms with Crippen molar-refractivity contribution in [2.24, 2.45) is 5.92 Å². The summed E-state index contributed by atoms with van der Waals surface area (Å²) in [4.78, 5) is 13.2. The van der Waals surface area contributed by atoms with Crippen LogP contribution < -0.4 is 10.6 Å². The van der Waals surface area contributed by atoms with Crippen LogP contribution in [-0.4, -0.2) is 25.5 Å². The lowest BCUT2D eigenvalue weighted by Gasteiger charge is -2.24. The zero-order valence-corrected chi connectivity index (χ0v) is 12.0. The summed E-state index contributed by atoms with van der Waals surface area (Å²) in [6.07, 6.45) is 1.79. The highest BCUT2D eigenvalue weighted by molar-refractivity contribution is 7.10. The summed E-state index contributed by atoms with van der Waals surface area (Å²) in [6, 6.07) is 4.20. The maximum absolute atomic E-state index is 11.9. The van der Waals surface area contributed by atoms with Gasteiger partial charge in [-0.15, -0.1) is 11.3 Å². The molecule has 4 heteroatoms. The zero-order valence-electron chi connectivity index (χ0n) is 11.2. The number of hydrogen-bond donors (Lipinski definition) is 2. The molecule has 2 rings (SSSR count). The van der Waals surface area contributed by atoms with Crippen LogP contribution >= 0.6 is 11.3 Å². The van der Waals surface area contributed by atoms with Crippen molar-refractivity contribution in [3.63, 3.8) is 0 Å². The highest BCUT2D eigenvalue weighted by Crippen LogP contribution is 2.26. The van der Waals surface area contributed by atoms with Crippen molar-refractivity contribution in [3.05, 3.63) is 22.4 Å². The summed E-state index contributed by atoms with van der Waals surface area (Å²) in [5.41, 5.74) is 0.0255. The van der Waals surface area contributed by atoms with Crippen LogP contribution in [0.15, 0.2) is 17.5 Å². The fraction of sp³-hybridized carbons (Fsp3) is 0.643. The number of carbonyl (C=O) groups excluding carboxylic acids is 1. The lowest BCUT2D eigenvalue weighted by Crippen LogP contribution is -2.37. The van der Waals surface area contributed by atoms with Crippen LogP contribution in [0.2, 0.25) is 0 Å². The fourth-order valence-electron chi connectivity index (χ4n) is 2.29. The van der Waals surface area contributed by atoms with E-state index < -0.39 is 0 Å². The van der Waals surface area contributed by atoms with Crippen molar-refractivity contribution in [1.82, 2.24) is 10.6 Å². The van der Waals surface area contributed by atoms with Gasteiger partial charge in [-0.25, -0.2) is 0 Å². The first-order valence-corrected chi connectivity index (χ1v) is 7.47. The zero-order chi connectivity index (χ0) is 13.0. The second-order valence-corrected chi connectivity index (χ2v) is 6.65. The van der Waals surface area contributed by atoms with E-state index in [-0.39, 0.29) is 11.3 Å². The summed E-state index contributed by atoms with van der Waals surface area (Å²) >= 11 is 1.75. The summed E-state index contributed by atoms with van der Waals surface area (Å²) in [7, 11) is 0. The third-order valence-corrected chi connectivity index (χ3v) is 4.79. The monoisotopic (exact) mass is 266 g/mol. The standard InChI is InChI=1S/C14H22N2OS/c1-14(2,12-4-3-7-18-12)10-16-13(17)8-11-5-6-15-9-11/h3-4,7,11,15H,5-6,8-10H2,1-2H3,(H,16,17). The average molecular weight is 266 g/mol. The van der Waals surface area contributed by atoms with Crippen molar-refractivity contribution >= 4 is 17.2 Å². The van der Waals surface area contributed by atoms with Crippen LogP contribution in [0.4, 0.5) is 0 Å². The van der Waals surface area contributed by atoms with Crippen molar-refractivity contribution in [1.29, 1.82) is 0 Å². The van der Waals surface area contributed by atoms with Crippen LogP contribution in [0.3, 0.4) is 0 Å². The average Bonchev–Trinajstić information content (AvgIpc) is 2.99. The Labute approximate surface area is 113 Å². The minimum Gasteiger partial charge on any atom is -0.355 e. The number of rotatable bonds is 5. The number of thiophene rings is 1. The first kappa shape index (κ1) is 13.6. The van der Waals surface area contributed by atoms with Crippen LogP contribution in [-0.2, 0) is 10.2 Å². The van der Waals surface area contributed by atoms with E-state index in [0.717, 1.165) is 19.5 Å². The van der Waals surface area contributed by atoms with Gasteiger partial charge in [0.05, 0.1) is 0 Å². The van der Waals surface area contributed by atoms with Gasteiger partial charge in [-0.3, -0.25) is 4.79 Å². The van der Waals surface area contributed by atoms with Gasteiger partial charge < -0.3 is 10.6 Å². The highest BCUT2D eigenvalue weighted by Gasteiger charge is 2.23. The van der Waals surface area contributed by atoms with E-state index in [1.165, 1.54) is 4.88 Å². The van der Waals surface area contributed by atoms with E-state index in [1.807, 2.05) is 0 Å². The maximum Gasteiger partial charge on any atom is 0.220 e. The molecule has 0 spiro atoms. The molecule has 1 unspecified atom stereocenters. The molecule has 0 saturated carbocycles. The Morgan fingerprint density at radius 3 is 3.06 bits per heavy atom. The van der Waals surface area contributed by atoms with Crippen molar-refractivity contribution in [2.45, 2.75) is 32.1 Å². The van der Waals surface area contributed by atoms with Gasteiger partial charge in [0.15, 0.2) is 0 Å². The van der Waals surface area contributed by atoms with Crippen molar-refractivity contribution in [2.75, 3.05) is 19.6 Å². The van der Waals surface area contributed by atoms with Gasteiger partial charge in [0.25, 0.3) is 0 Å². The second-order valence-electron chi connectivity index (χ2n) is 5.70. The van der Waals surface area contributed by atoms with Gasteiger partial charge >= 0.3 is 0 Å². The second kappa shape index (κ2) is 5.85. The molecule has 1 aromatic heterocycles. The molecule has 2 heterocycles. The van der Waals surface area contributed by atoms with Crippen LogP contribution in [0.25, 0.3) is 0 Å². The molecule has 1 aliphatic rings. The third kappa shape index (κ3) is 3.56. The molecule has 18 heavy (non-hydrogen) atoms. The van der Waals surface area contributed by atoms with Gasteiger partial charge in [0, 0.05) is 23.3 Å². The molecule has 100 valence electrons. The predicted octanol–water partition coefficient (Wildman–Crippen LogP) is 2.14. The molecule has 2 N–H and O–H groups in total. The molecule has 1 aliphatic heterocycles. The molecule has 1 saturated heterocycles. The van der Waals surface area contributed by atoms with Crippen molar-refractivity contribution in [3.8, 4) is 0 Å². The Hall–Kier alpha value is -0.870. The maximum atomic E-state index is 11.9. The van der Waals surface area contributed by atoms with Crippen molar-refractivity contribution < 1.29 is 4.79 Å². The predicted molar refractivity (Wildman–Crippen MR) is 75.9 cm³/mol. The molecule has 0 aromatic carbocycles. The lowest BCUT2D eigenvalue weighted by atomic mass is 9.91. The topological polar surface area (TPSA) is 41.1 Å². The SMILES string of the molecule is CC(C)(CNC(=O)CC1CCNC1)c1cccs1. The molecule has 1 atom stereocenters. The van der Waals surface area contributed by atoms with Gasteiger partial charge in [0.2, 0.25) is 5.91 Å². The first-order valence-electron chi connectivity index (χ1n) is 6.59. The lowest BCUT2D eigenvalue weighted by molar-refractivity contribution is -0.122. The summed E-state index contributed by atoms with van der Waals surface area (Å²) in [5.74, 6) is 0.711. The Morgan fingerprint density at radius 1 is 1.61 bits per heavy atom. The molecule has 1 amide bonds. The molecular formula is C14H22N2OS. The van der Waals surface area contributed by atoms with Gasteiger partial charge in [-0.1, -0.05) is 19.9 Å². The molecule has 1 fully saturated rings. The molecule has 0 aliphatic carbocycles. The van der Waals surface area contributed by atoms with E-state index in [2.05, 4.69) is 42.0 Å². The highest BCUT2D eigenvalue weighted by atomic mass is 32.1. The quantitative estimate of drug-likeness (QED) is 0.857. The fourth-order valence-corrected chi connectivity index (χ4v) is 3.15. The van der Waals surface area contributed by atoms with E-state index >= 15 is 0 Å². The molecule has 3 nitrogen and oxygen atoms in total. The normalized spacial score (nSPS) is 20.0. The van der Waals surface area contributed by atoms with Gasteiger partial charge in [-0.2, -0.15) is 0 Å². The first-order chi connectivity index (χ1) is 8.58. The Kier molecular flexibility index (Phi) is 4.40. The van der Waals surface area contributed by atoms with Crippen LogP contribution in [0, 0.1) is 5.92 Å². The summed E-state index contributed by atoms with van der Waals surface area (Å²) in [5, 5.41) is 8.46. The van der Waals surface area contributed by atoms with E-state index in [9.17, 15) is 4.79 Å². The molecular weight excluding hydrogens is 244 g/mol. The van der Waals surface area contributed by atoms with E-state index in [0.29, 0.717) is 18.9 Å². The minimum atomic E-state index is 0.0255. The smallest absolute Gasteiger partial charge is 0.220 e. The molecule has 1 aromatic rings. The van der Waals surface area contributed by atoms with Gasteiger partial charge in [-0.05, 0) is 36.9 Å². The number of hydrogen-bond acceptors (Lipinski definition) is 3. The molecule has 0 radical (unpaired) electrons. The minimum absolute atomic E-state index is 0.0255. The Bertz CT molecular complexity index is 381. The van der Waals surface area contributed by atoms with E-state index in [1.54, 1.807) is 11.3 Å². The third-order valence-electron chi connectivity index (χ3n) is 3.55. The summed E-state index contributed by atoms with van der Waals surface area (Å²) in [6.45, 7) is 7.11. The van der Waals surface area contributed by atoms with Crippen LogP contribution in [0.1, 0.15) is 31.6 Å². The number of carbonyl (C=O) groups is 1. The van der Waals surface area contributed by atoms with Gasteiger partial charge in [0.1, 0.15) is 0 Å². The molecule has 0 bridgehead atoms. The number of nitrogens with one attached hydrogen (secondary N) is 2. The summed E-state index contributed by atoms with van der Waals surface area (Å²) < 4.78 is 0. The number of amides is 1. The Balaban J connectivity index is 1.78. The van der Waals surface area contributed by atoms with Crippen LogP contribution in [0.5, 0.6) is 0 Å².